The van der Waals surface area contributed by atoms with Crippen LogP contribution in [-0.4, -0.2) is 37.3 Å². The summed E-state index contributed by atoms with van der Waals surface area (Å²) in [7, 11) is 0. The monoisotopic (exact) mass is 436 g/mol. The lowest BCUT2D eigenvalue weighted by atomic mass is 10.1. The van der Waals surface area contributed by atoms with Crippen molar-refractivity contribution in [3.05, 3.63) is 58.4 Å². The molecule has 29 heavy (non-hydrogen) atoms. The van der Waals surface area contributed by atoms with Gasteiger partial charge in [0.1, 0.15) is 5.82 Å². The Kier molecular flexibility index (Phi) is 7.52. The van der Waals surface area contributed by atoms with Crippen molar-refractivity contribution in [2.45, 2.75) is 24.8 Å². The minimum absolute atomic E-state index is 0.0112. The van der Waals surface area contributed by atoms with E-state index in [1.165, 1.54) is 28.8 Å². The number of rotatable bonds is 8. The van der Waals surface area contributed by atoms with Crippen LogP contribution in [0.25, 0.3) is 0 Å². The molecule has 1 aliphatic rings. The van der Waals surface area contributed by atoms with Gasteiger partial charge in [0.2, 0.25) is 5.91 Å². The molecule has 0 saturated heterocycles. The van der Waals surface area contributed by atoms with E-state index in [1.807, 2.05) is 13.0 Å². The zero-order chi connectivity index (χ0) is 20.8. The predicted octanol–water partition coefficient (Wildman–Crippen LogP) is 4.27. The Hall–Kier alpha value is -2.09. The molecule has 0 saturated carbocycles. The zero-order valence-electron chi connectivity index (χ0n) is 16.0. The number of hydrogen-bond donors (Lipinski definition) is 1. The fourth-order valence-corrected chi connectivity index (χ4v) is 4.12. The molecule has 2 aromatic rings. The number of thioether (sulfide) groups is 1. The molecular weight excluding hydrogens is 415 g/mol. The molecule has 1 heterocycles. The first-order chi connectivity index (χ1) is 14.0. The molecule has 2 amide bonds. The minimum atomic E-state index is -0.465. The molecule has 0 bridgehead atoms. The van der Waals surface area contributed by atoms with Gasteiger partial charge in [-0.1, -0.05) is 17.7 Å². The van der Waals surface area contributed by atoms with Crippen LogP contribution < -0.4 is 10.2 Å². The number of nitrogens with one attached hydrogen (secondary N) is 1. The molecule has 0 radical (unpaired) electrons. The normalized spacial score (nSPS) is 13.3. The average Bonchev–Trinajstić information content (AvgIpc) is 2.71. The van der Waals surface area contributed by atoms with Crippen molar-refractivity contribution in [1.29, 1.82) is 0 Å². The second-order valence-electron chi connectivity index (χ2n) is 6.46. The Balaban J connectivity index is 1.79. The molecule has 2 aromatic carbocycles. The molecule has 0 fully saturated rings. The van der Waals surface area contributed by atoms with Gasteiger partial charge >= 0.3 is 0 Å². The minimum Gasteiger partial charge on any atom is -0.382 e. The number of anilines is 1. The topological polar surface area (TPSA) is 58.6 Å². The Morgan fingerprint density at radius 1 is 1.34 bits per heavy atom. The number of carbonyl (C=O) groups is 2. The number of amides is 2. The van der Waals surface area contributed by atoms with Gasteiger partial charge in [-0.15, -0.1) is 11.8 Å². The molecule has 0 aromatic heterocycles. The van der Waals surface area contributed by atoms with Gasteiger partial charge in [0, 0.05) is 40.8 Å². The summed E-state index contributed by atoms with van der Waals surface area (Å²) in [6.45, 7) is 3.66. The van der Waals surface area contributed by atoms with E-state index >= 15 is 0 Å². The molecule has 3 rings (SSSR count). The molecular formula is C21H22ClFN2O3S. The highest BCUT2D eigenvalue weighted by Gasteiger charge is 2.27. The first kappa shape index (κ1) is 21.6. The van der Waals surface area contributed by atoms with E-state index in [-0.39, 0.29) is 34.7 Å². The van der Waals surface area contributed by atoms with E-state index in [0.29, 0.717) is 31.0 Å². The molecule has 1 N–H and O–H groups in total. The lowest BCUT2D eigenvalue weighted by molar-refractivity contribution is -0.116. The molecule has 0 atom stereocenters. The molecule has 154 valence electrons. The van der Waals surface area contributed by atoms with Crippen molar-refractivity contribution >= 4 is 40.9 Å². The van der Waals surface area contributed by atoms with Gasteiger partial charge < -0.3 is 15.0 Å². The number of benzene rings is 2. The lowest BCUT2D eigenvalue weighted by Crippen LogP contribution is -2.35. The summed E-state index contributed by atoms with van der Waals surface area (Å²) in [4.78, 5) is 27.4. The van der Waals surface area contributed by atoms with Crippen LogP contribution >= 0.6 is 23.4 Å². The average molecular weight is 437 g/mol. The van der Waals surface area contributed by atoms with Gasteiger partial charge in [0.25, 0.3) is 5.91 Å². The van der Waals surface area contributed by atoms with Crippen LogP contribution in [0.15, 0.2) is 41.3 Å². The van der Waals surface area contributed by atoms with Crippen molar-refractivity contribution in [1.82, 2.24) is 5.32 Å². The third-order valence-electron chi connectivity index (χ3n) is 4.50. The van der Waals surface area contributed by atoms with Crippen LogP contribution in [0, 0.1) is 5.82 Å². The maximum Gasteiger partial charge on any atom is 0.251 e. The van der Waals surface area contributed by atoms with Gasteiger partial charge in [-0.2, -0.15) is 0 Å². The number of fused-ring (bicyclic) bond motifs is 1. The van der Waals surface area contributed by atoms with Crippen LogP contribution in [0.5, 0.6) is 0 Å². The highest BCUT2D eigenvalue weighted by atomic mass is 35.5. The van der Waals surface area contributed by atoms with Crippen molar-refractivity contribution < 1.29 is 18.7 Å². The Morgan fingerprint density at radius 2 is 2.17 bits per heavy atom. The van der Waals surface area contributed by atoms with E-state index in [0.717, 1.165) is 11.3 Å². The van der Waals surface area contributed by atoms with E-state index in [2.05, 4.69) is 5.32 Å². The largest absolute Gasteiger partial charge is 0.382 e. The molecule has 0 spiro atoms. The maximum absolute atomic E-state index is 14.2. The van der Waals surface area contributed by atoms with Crippen molar-refractivity contribution in [2.24, 2.45) is 0 Å². The summed E-state index contributed by atoms with van der Waals surface area (Å²) in [5, 5.41) is 3.11. The SMILES string of the molecule is CCOCCCNC(=O)c1ccc2c(c1)N(Cc1c(F)cccc1Cl)C(=O)CS2. The summed E-state index contributed by atoms with van der Waals surface area (Å²) >= 11 is 7.54. The summed E-state index contributed by atoms with van der Waals surface area (Å²) < 4.78 is 19.5. The molecule has 8 heteroatoms. The van der Waals surface area contributed by atoms with E-state index in [1.54, 1.807) is 18.2 Å². The lowest BCUT2D eigenvalue weighted by Gasteiger charge is -2.30. The fourth-order valence-electron chi connectivity index (χ4n) is 2.98. The second-order valence-corrected chi connectivity index (χ2v) is 7.88. The molecule has 1 aliphatic heterocycles. The standard InChI is InChI=1S/C21H22ClFN2O3S/c1-2-28-10-4-9-24-21(27)14-7-8-19-18(11-14)25(20(26)13-29-19)12-15-16(22)5-3-6-17(15)23/h3,5-8,11H,2,4,9-10,12-13H2,1H3,(H,24,27). The summed E-state index contributed by atoms with van der Waals surface area (Å²) in [5.74, 6) is -0.595. The van der Waals surface area contributed by atoms with Gasteiger partial charge in [-0.3, -0.25) is 9.59 Å². The van der Waals surface area contributed by atoms with Crippen LogP contribution in [0.1, 0.15) is 29.3 Å². The Bertz CT molecular complexity index is 889. The molecule has 0 unspecified atom stereocenters. The van der Waals surface area contributed by atoms with Gasteiger partial charge in [0.05, 0.1) is 18.0 Å². The van der Waals surface area contributed by atoms with Crippen LogP contribution in [0.2, 0.25) is 5.02 Å². The van der Waals surface area contributed by atoms with Crippen LogP contribution in [0.3, 0.4) is 0 Å². The van der Waals surface area contributed by atoms with Crippen LogP contribution in [0.4, 0.5) is 10.1 Å². The highest BCUT2D eigenvalue weighted by molar-refractivity contribution is 8.00. The van der Waals surface area contributed by atoms with Crippen molar-refractivity contribution in [2.75, 3.05) is 30.4 Å². The Labute approximate surface area is 178 Å². The first-order valence-corrected chi connectivity index (χ1v) is 10.7. The number of ether oxygens (including phenoxy) is 1. The van der Waals surface area contributed by atoms with Crippen LogP contribution in [-0.2, 0) is 16.1 Å². The number of carbonyl (C=O) groups excluding carboxylic acids is 2. The fraction of sp³-hybridized carbons (Fsp3) is 0.333. The van der Waals surface area contributed by atoms with E-state index < -0.39 is 5.82 Å². The summed E-state index contributed by atoms with van der Waals surface area (Å²) in [6, 6.07) is 9.65. The van der Waals surface area contributed by atoms with Crippen molar-refractivity contribution in [3.63, 3.8) is 0 Å². The van der Waals surface area contributed by atoms with Gasteiger partial charge in [-0.25, -0.2) is 4.39 Å². The number of hydrogen-bond acceptors (Lipinski definition) is 4. The smallest absolute Gasteiger partial charge is 0.251 e. The predicted molar refractivity (Wildman–Crippen MR) is 113 cm³/mol. The third-order valence-corrected chi connectivity index (χ3v) is 5.90. The summed E-state index contributed by atoms with van der Waals surface area (Å²) in [5.41, 5.74) is 1.29. The summed E-state index contributed by atoms with van der Waals surface area (Å²) in [6.07, 6.45) is 0.719. The molecule has 5 nitrogen and oxygen atoms in total. The first-order valence-electron chi connectivity index (χ1n) is 9.37. The second kappa shape index (κ2) is 10.1. The van der Waals surface area contributed by atoms with E-state index in [9.17, 15) is 14.0 Å². The number of nitrogens with zero attached hydrogens (tertiary/aromatic N) is 1. The molecule has 0 aliphatic carbocycles. The van der Waals surface area contributed by atoms with Gasteiger partial charge in [0.15, 0.2) is 0 Å². The van der Waals surface area contributed by atoms with E-state index in [4.69, 9.17) is 16.3 Å². The third kappa shape index (κ3) is 5.29. The Morgan fingerprint density at radius 3 is 2.93 bits per heavy atom. The number of halogens is 2. The van der Waals surface area contributed by atoms with Crippen molar-refractivity contribution in [3.8, 4) is 0 Å². The maximum atomic E-state index is 14.2. The van der Waals surface area contributed by atoms with Gasteiger partial charge in [-0.05, 0) is 43.7 Å². The highest BCUT2D eigenvalue weighted by Crippen LogP contribution is 2.37. The zero-order valence-corrected chi connectivity index (χ0v) is 17.6. The quantitative estimate of drug-likeness (QED) is 0.628.